The Morgan fingerprint density at radius 2 is 1.56 bits per heavy atom. The van der Waals surface area contributed by atoms with Gasteiger partial charge in [-0.1, -0.05) is 48.0 Å². The van der Waals surface area contributed by atoms with Gasteiger partial charge in [0.1, 0.15) is 24.7 Å². The molecule has 0 spiro atoms. The molecule has 0 aliphatic heterocycles. The van der Waals surface area contributed by atoms with E-state index < -0.39 is 0 Å². The molecule has 0 unspecified atom stereocenters. The van der Waals surface area contributed by atoms with Crippen LogP contribution in [0.4, 0.5) is 16.2 Å². The molecule has 2 N–H and O–H groups in total. The predicted octanol–water partition coefficient (Wildman–Crippen LogP) is 5.44. The summed E-state index contributed by atoms with van der Waals surface area (Å²) in [7, 11) is 0. The summed E-state index contributed by atoms with van der Waals surface area (Å²) >= 11 is 5.93. The summed E-state index contributed by atoms with van der Waals surface area (Å²) in [5.74, 6) is 1.35. The topological polar surface area (TPSA) is 59.6 Å². The molecule has 3 rings (SSSR count). The van der Waals surface area contributed by atoms with E-state index in [2.05, 4.69) is 10.6 Å². The number of hydrogen-bond acceptors (Lipinski definition) is 3. The average molecular weight is 383 g/mol. The summed E-state index contributed by atoms with van der Waals surface area (Å²) in [5.41, 5.74) is 1.17. The number of nitrogens with one attached hydrogen (secondary N) is 2. The molecular formula is C21H19ClN2O3. The Hall–Kier alpha value is -3.18. The fraction of sp³-hybridized carbons (Fsp3) is 0.0952. The first-order valence-corrected chi connectivity index (χ1v) is 8.82. The number of para-hydroxylation sites is 3. The highest BCUT2D eigenvalue weighted by Crippen LogP contribution is 2.24. The van der Waals surface area contributed by atoms with Crippen LogP contribution in [0.5, 0.6) is 11.5 Å². The molecule has 6 heteroatoms. The molecular weight excluding hydrogens is 364 g/mol. The number of carbonyl (C=O) groups excluding carboxylic acids is 1. The van der Waals surface area contributed by atoms with Crippen molar-refractivity contribution >= 4 is 29.0 Å². The third-order valence-electron chi connectivity index (χ3n) is 3.57. The van der Waals surface area contributed by atoms with Crippen molar-refractivity contribution in [2.24, 2.45) is 0 Å². The van der Waals surface area contributed by atoms with Crippen molar-refractivity contribution in [3.63, 3.8) is 0 Å². The Morgan fingerprint density at radius 1 is 0.815 bits per heavy atom. The fourth-order valence-corrected chi connectivity index (χ4v) is 2.56. The smallest absolute Gasteiger partial charge is 0.323 e. The SMILES string of the molecule is O=C(Nc1cccc(Cl)c1)Nc1ccccc1OCCOc1ccccc1. The molecule has 138 valence electrons. The summed E-state index contributed by atoms with van der Waals surface area (Å²) in [6, 6.07) is 23.3. The Balaban J connectivity index is 1.53. The second kappa shape index (κ2) is 9.50. The molecule has 2 amide bonds. The van der Waals surface area contributed by atoms with Gasteiger partial charge in [-0.2, -0.15) is 0 Å². The van der Waals surface area contributed by atoms with E-state index in [1.165, 1.54) is 0 Å². The molecule has 0 fully saturated rings. The zero-order chi connectivity index (χ0) is 18.9. The standard InChI is InChI=1S/C21H19ClN2O3/c22-16-7-6-8-17(15-16)23-21(25)24-19-11-4-5-12-20(19)27-14-13-26-18-9-2-1-3-10-18/h1-12,15H,13-14H2,(H2,23,24,25). The van der Waals surface area contributed by atoms with E-state index in [0.29, 0.717) is 35.4 Å². The zero-order valence-corrected chi connectivity index (χ0v) is 15.3. The minimum Gasteiger partial charge on any atom is -0.490 e. The Bertz CT molecular complexity index is 887. The summed E-state index contributed by atoms with van der Waals surface area (Å²) in [6.07, 6.45) is 0. The maximum Gasteiger partial charge on any atom is 0.323 e. The Labute approximate surface area is 162 Å². The average Bonchev–Trinajstić information content (AvgIpc) is 2.67. The van der Waals surface area contributed by atoms with E-state index in [9.17, 15) is 4.79 Å². The molecule has 0 atom stereocenters. The van der Waals surface area contributed by atoms with E-state index in [-0.39, 0.29) is 6.03 Å². The molecule has 5 nitrogen and oxygen atoms in total. The Kier molecular flexibility index (Phi) is 6.55. The van der Waals surface area contributed by atoms with Crippen molar-refractivity contribution in [1.29, 1.82) is 0 Å². The fourth-order valence-electron chi connectivity index (χ4n) is 2.37. The van der Waals surface area contributed by atoms with Gasteiger partial charge in [0.15, 0.2) is 0 Å². The van der Waals surface area contributed by atoms with Gasteiger partial charge in [-0.05, 0) is 42.5 Å². The molecule has 27 heavy (non-hydrogen) atoms. The number of hydrogen-bond donors (Lipinski definition) is 2. The highest BCUT2D eigenvalue weighted by molar-refractivity contribution is 6.30. The molecule has 0 radical (unpaired) electrons. The third-order valence-corrected chi connectivity index (χ3v) is 3.81. The van der Waals surface area contributed by atoms with Gasteiger partial charge in [-0.25, -0.2) is 4.79 Å². The number of rotatable bonds is 7. The first-order chi connectivity index (χ1) is 13.2. The number of ether oxygens (including phenoxy) is 2. The van der Waals surface area contributed by atoms with Gasteiger partial charge in [0.25, 0.3) is 0 Å². The van der Waals surface area contributed by atoms with E-state index in [0.717, 1.165) is 5.75 Å². The second-order valence-electron chi connectivity index (χ2n) is 5.60. The molecule has 0 aliphatic carbocycles. The van der Waals surface area contributed by atoms with Crippen LogP contribution in [0, 0.1) is 0 Å². The normalized spacial score (nSPS) is 10.1. The van der Waals surface area contributed by atoms with Crippen molar-refractivity contribution in [2.75, 3.05) is 23.8 Å². The molecule has 3 aromatic carbocycles. The van der Waals surface area contributed by atoms with E-state index in [1.807, 2.05) is 42.5 Å². The van der Waals surface area contributed by atoms with E-state index in [4.69, 9.17) is 21.1 Å². The first kappa shape index (κ1) is 18.6. The van der Waals surface area contributed by atoms with Crippen LogP contribution in [0.3, 0.4) is 0 Å². The highest BCUT2D eigenvalue weighted by Gasteiger charge is 2.08. The van der Waals surface area contributed by atoms with Crippen LogP contribution in [-0.4, -0.2) is 19.2 Å². The Morgan fingerprint density at radius 3 is 2.37 bits per heavy atom. The van der Waals surface area contributed by atoms with E-state index >= 15 is 0 Å². The van der Waals surface area contributed by atoms with Gasteiger partial charge in [-0.3, -0.25) is 0 Å². The molecule has 0 saturated heterocycles. The van der Waals surface area contributed by atoms with Crippen LogP contribution in [0.2, 0.25) is 5.02 Å². The number of benzene rings is 3. The van der Waals surface area contributed by atoms with Gasteiger partial charge in [0.05, 0.1) is 5.69 Å². The minimum absolute atomic E-state index is 0.351. The quantitative estimate of drug-likeness (QED) is 0.535. The molecule has 0 heterocycles. The molecule has 0 aromatic heterocycles. The van der Waals surface area contributed by atoms with Crippen LogP contribution in [-0.2, 0) is 0 Å². The number of urea groups is 1. The summed E-state index contributed by atoms with van der Waals surface area (Å²) in [5, 5.41) is 6.06. The maximum atomic E-state index is 12.2. The minimum atomic E-state index is -0.381. The summed E-state index contributed by atoms with van der Waals surface area (Å²) < 4.78 is 11.3. The van der Waals surface area contributed by atoms with Crippen molar-refractivity contribution in [2.45, 2.75) is 0 Å². The van der Waals surface area contributed by atoms with Gasteiger partial charge >= 0.3 is 6.03 Å². The van der Waals surface area contributed by atoms with Crippen LogP contribution in [0.25, 0.3) is 0 Å². The molecule has 0 saturated carbocycles. The monoisotopic (exact) mass is 382 g/mol. The zero-order valence-electron chi connectivity index (χ0n) is 14.5. The second-order valence-corrected chi connectivity index (χ2v) is 6.03. The lowest BCUT2D eigenvalue weighted by Gasteiger charge is -2.13. The third kappa shape index (κ3) is 5.94. The van der Waals surface area contributed by atoms with Crippen molar-refractivity contribution < 1.29 is 14.3 Å². The largest absolute Gasteiger partial charge is 0.490 e. The van der Waals surface area contributed by atoms with Gasteiger partial charge < -0.3 is 20.1 Å². The number of halogens is 1. The van der Waals surface area contributed by atoms with Crippen molar-refractivity contribution in [3.05, 3.63) is 83.9 Å². The first-order valence-electron chi connectivity index (χ1n) is 8.44. The number of carbonyl (C=O) groups is 1. The number of amides is 2. The summed E-state index contributed by atoms with van der Waals surface area (Å²) in [6.45, 7) is 0.747. The van der Waals surface area contributed by atoms with Crippen LogP contribution < -0.4 is 20.1 Å². The van der Waals surface area contributed by atoms with E-state index in [1.54, 1.807) is 36.4 Å². The van der Waals surface area contributed by atoms with Gasteiger partial charge in [0, 0.05) is 10.7 Å². The highest BCUT2D eigenvalue weighted by atomic mass is 35.5. The van der Waals surface area contributed by atoms with Gasteiger partial charge in [-0.15, -0.1) is 0 Å². The lowest BCUT2D eigenvalue weighted by molar-refractivity contribution is 0.217. The lowest BCUT2D eigenvalue weighted by atomic mass is 10.3. The van der Waals surface area contributed by atoms with Gasteiger partial charge in [0.2, 0.25) is 0 Å². The molecule has 0 bridgehead atoms. The van der Waals surface area contributed by atoms with Crippen LogP contribution in [0.1, 0.15) is 0 Å². The van der Waals surface area contributed by atoms with Crippen LogP contribution in [0.15, 0.2) is 78.9 Å². The van der Waals surface area contributed by atoms with Crippen LogP contribution >= 0.6 is 11.6 Å². The lowest BCUT2D eigenvalue weighted by Crippen LogP contribution is -2.20. The number of anilines is 2. The maximum absolute atomic E-state index is 12.2. The van der Waals surface area contributed by atoms with Crippen molar-refractivity contribution in [1.82, 2.24) is 0 Å². The van der Waals surface area contributed by atoms with Crippen molar-refractivity contribution in [3.8, 4) is 11.5 Å². The predicted molar refractivity (Wildman–Crippen MR) is 108 cm³/mol. The molecule has 3 aromatic rings. The molecule has 0 aliphatic rings. The summed E-state index contributed by atoms with van der Waals surface area (Å²) in [4.78, 5) is 12.2.